The Balaban J connectivity index is 1.57. The SMILES string of the molecule is CC(C)OCCN1CCN(C2CNC2)CC1. The van der Waals surface area contributed by atoms with Crippen LogP contribution in [0.5, 0.6) is 0 Å². The Kier molecular flexibility index (Phi) is 4.58. The molecule has 2 aliphatic heterocycles. The second-order valence-corrected chi connectivity index (χ2v) is 5.11. The van der Waals surface area contributed by atoms with Crippen molar-refractivity contribution in [2.24, 2.45) is 0 Å². The molecule has 0 aromatic carbocycles. The molecule has 0 atom stereocenters. The molecule has 0 aromatic heterocycles. The highest BCUT2D eigenvalue weighted by molar-refractivity contribution is 4.87. The summed E-state index contributed by atoms with van der Waals surface area (Å²) >= 11 is 0. The van der Waals surface area contributed by atoms with E-state index < -0.39 is 0 Å². The van der Waals surface area contributed by atoms with Gasteiger partial charge in [0.15, 0.2) is 0 Å². The van der Waals surface area contributed by atoms with Gasteiger partial charge in [0.05, 0.1) is 12.7 Å². The van der Waals surface area contributed by atoms with E-state index in [4.69, 9.17) is 4.74 Å². The summed E-state index contributed by atoms with van der Waals surface area (Å²) in [6.45, 7) is 13.4. The molecule has 0 aliphatic carbocycles. The molecule has 2 heterocycles. The number of hydrogen-bond donors (Lipinski definition) is 1. The van der Waals surface area contributed by atoms with Crippen molar-refractivity contribution in [2.75, 3.05) is 52.4 Å². The van der Waals surface area contributed by atoms with Gasteiger partial charge < -0.3 is 10.1 Å². The first-order chi connectivity index (χ1) is 7.75. The zero-order valence-electron chi connectivity index (χ0n) is 10.6. The largest absolute Gasteiger partial charge is 0.377 e. The maximum Gasteiger partial charge on any atom is 0.0596 e. The topological polar surface area (TPSA) is 27.7 Å². The molecular formula is C12H25N3O. The average Bonchev–Trinajstić information content (AvgIpc) is 2.17. The Hall–Kier alpha value is -0.160. The number of nitrogens with one attached hydrogen (secondary N) is 1. The van der Waals surface area contributed by atoms with Crippen LogP contribution in [0.3, 0.4) is 0 Å². The molecule has 2 saturated heterocycles. The van der Waals surface area contributed by atoms with E-state index in [1.807, 2.05) is 0 Å². The zero-order chi connectivity index (χ0) is 11.4. The van der Waals surface area contributed by atoms with Gasteiger partial charge in [-0.1, -0.05) is 0 Å². The maximum atomic E-state index is 5.59. The fraction of sp³-hybridized carbons (Fsp3) is 1.00. The minimum absolute atomic E-state index is 0.363. The monoisotopic (exact) mass is 227 g/mol. The van der Waals surface area contributed by atoms with Gasteiger partial charge >= 0.3 is 0 Å². The van der Waals surface area contributed by atoms with Crippen molar-refractivity contribution in [1.29, 1.82) is 0 Å². The molecule has 2 rings (SSSR count). The van der Waals surface area contributed by atoms with Crippen molar-refractivity contribution in [3.63, 3.8) is 0 Å². The first kappa shape index (κ1) is 12.3. The Morgan fingerprint density at radius 1 is 1.19 bits per heavy atom. The standard InChI is InChI=1S/C12H25N3O/c1-11(2)16-8-7-14-3-5-15(6-4-14)12-9-13-10-12/h11-13H,3-10H2,1-2H3. The summed E-state index contributed by atoms with van der Waals surface area (Å²) in [6.07, 6.45) is 0.363. The summed E-state index contributed by atoms with van der Waals surface area (Å²) in [5, 5.41) is 3.34. The number of nitrogens with zero attached hydrogens (tertiary/aromatic N) is 2. The number of rotatable bonds is 5. The van der Waals surface area contributed by atoms with Gasteiger partial charge in [-0.15, -0.1) is 0 Å². The highest BCUT2D eigenvalue weighted by Crippen LogP contribution is 2.09. The molecule has 2 aliphatic rings. The van der Waals surface area contributed by atoms with E-state index in [1.165, 1.54) is 39.3 Å². The Morgan fingerprint density at radius 3 is 2.38 bits per heavy atom. The number of hydrogen-bond acceptors (Lipinski definition) is 4. The lowest BCUT2D eigenvalue weighted by Gasteiger charge is -2.43. The van der Waals surface area contributed by atoms with Gasteiger partial charge in [0, 0.05) is 51.9 Å². The van der Waals surface area contributed by atoms with E-state index in [-0.39, 0.29) is 0 Å². The lowest BCUT2D eigenvalue weighted by molar-refractivity contribution is 0.0313. The molecule has 94 valence electrons. The molecule has 0 aromatic rings. The van der Waals surface area contributed by atoms with E-state index >= 15 is 0 Å². The molecule has 0 spiro atoms. The maximum absolute atomic E-state index is 5.59. The van der Waals surface area contributed by atoms with E-state index in [9.17, 15) is 0 Å². The molecule has 2 fully saturated rings. The third-order valence-corrected chi connectivity index (χ3v) is 3.54. The van der Waals surface area contributed by atoms with Gasteiger partial charge in [0.2, 0.25) is 0 Å². The molecule has 1 N–H and O–H groups in total. The first-order valence-electron chi connectivity index (χ1n) is 6.54. The Morgan fingerprint density at radius 2 is 1.88 bits per heavy atom. The van der Waals surface area contributed by atoms with Crippen molar-refractivity contribution in [3.05, 3.63) is 0 Å². The summed E-state index contributed by atoms with van der Waals surface area (Å²) in [5.74, 6) is 0. The number of ether oxygens (including phenoxy) is 1. The van der Waals surface area contributed by atoms with E-state index in [2.05, 4.69) is 29.0 Å². The molecule has 0 bridgehead atoms. The molecule has 4 heteroatoms. The second kappa shape index (κ2) is 5.96. The van der Waals surface area contributed by atoms with Crippen LogP contribution in [0, 0.1) is 0 Å². The molecule has 4 nitrogen and oxygen atoms in total. The van der Waals surface area contributed by atoms with Crippen LogP contribution >= 0.6 is 0 Å². The summed E-state index contributed by atoms with van der Waals surface area (Å²) in [7, 11) is 0. The van der Waals surface area contributed by atoms with Crippen LogP contribution in [-0.2, 0) is 4.74 Å². The molecule has 0 saturated carbocycles. The summed E-state index contributed by atoms with van der Waals surface area (Å²) in [5.41, 5.74) is 0. The van der Waals surface area contributed by atoms with E-state index in [1.54, 1.807) is 0 Å². The van der Waals surface area contributed by atoms with Crippen molar-refractivity contribution < 1.29 is 4.74 Å². The quantitative estimate of drug-likeness (QED) is 0.715. The van der Waals surface area contributed by atoms with Gasteiger partial charge in [0.1, 0.15) is 0 Å². The number of piperazine rings is 1. The normalized spacial score (nSPS) is 24.9. The van der Waals surface area contributed by atoms with Crippen molar-refractivity contribution >= 4 is 0 Å². The summed E-state index contributed by atoms with van der Waals surface area (Å²) in [4.78, 5) is 5.14. The van der Waals surface area contributed by atoms with Crippen molar-refractivity contribution in [3.8, 4) is 0 Å². The van der Waals surface area contributed by atoms with E-state index in [0.29, 0.717) is 6.10 Å². The van der Waals surface area contributed by atoms with Crippen molar-refractivity contribution in [2.45, 2.75) is 26.0 Å². The molecular weight excluding hydrogens is 202 g/mol. The van der Waals surface area contributed by atoms with Crippen molar-refractivity contribution in [1.82, 2.24) is 15.1 Å². The van der Waals surface area contributed by atoms with Crippen LogP contribution in [0.4, 0.5) is 0 Å². The molecule has 16 heavy (non-hydrogen) atoms. The lowest BCUT2D eigenvalue weighted by atomic mass is 10.1. The lowest BCUT2D eigenvalue weighted by Crippen LogP contribution is -2.61. The third kappa shape index (κ3) is 3.42. The Bertz CT molecular complexity index is 198. The van der Waals surface area contributed by atoms with Gasteiger partial charge in [0.25, 0.3) is 0 Å². The van der Waals surface area contributed by atoms with Gasteiger partial charge in [-0.05, 0) is 13.8 Å². The van der Waals surface area contributed by atoms with E-state index in [0.717, 1.165) is 19.2 Å². The Labute approximate surface area is 98.9 Å². The second-order valence-electron chi connectivity index (χ2n) is 5.11. The molecule has 0 amide bonds. The van der Waals surface area contributed by atoms with Crippen LogP contribution in [0.1, 0.15) is 13.8 Å². The van der Waals surface area contributed by atoms with Crippen LogP contribution in [0.25, 0.3) is 0 Å². The summed E-state index contributed by atoms with van der Waals surface area (Å²) in [6, 6.07) is 0.814. The van der Waals surface area contributed by atoms with Crippen LogP contribution < -0.4 is 5.32 Å². The predicted molar refractivity (Wildman–Crippen MR) is 65.8 cm³/mol. The molecule has 0 radical (unpaired) electrons. The third-order valence-electron chi connectivity index (χ3n) is 3.54. The minimum Gasteiger partial charge on any atom is -0.377 e. The van der Waals surface area contributed by atoms with Gasteiger partial charge in [-0.3, -0.25) is 9.80 Å². The van der Waals surface area contributed by atoms with Crippen LogP contribution in [0.15, 0.2) is 0 Å². The molecule has 0 unspecified atom stereocenters. The van der Waals surface area contributed by atoms with Crippen LogP contribution in [-0.4, -0.2) is 74.4 Å². The average molecular weight is 227 g/mol. The fourth-order valence-corrected chi connectivity index (χ4v) is 2.30. The van der Waals surface area contributed by atoms with Crippen LogP contribution in [0.2, 0.25) is 0 Å². The highest BCUT2D eigenvalue weighted by atomic mass is 16.5. The fourth-order valence-electron chi connectivity index (χ4n) is 2.30. The zero-order valence-corrected chi connectivity index (χ0v) is 10.6. The first-order valence-corrected chi connectivity index (χ1v) is 6.54. The minimum atomic E-state index is 0.363. The summed E-state index contributed by atoms with van der Waals surface area (Å²) < 4.78 is 5.59. The highest BCUT2D eigenvalue weighted by Gasteiger charge is 2.27. The van der Waals surface area contributed by atoms with Gasteiger partial charge in [-0.2, -0.15) is 0 Å². The van der Waals surface area contributed by atoms with Gasteiger partial charge in [-0.25, -0.2) is 0 Å². The predicted octanol–water partition coefficient (Wildman–Crippen LogP) is 0.000800. The smallest absolute Gasteiger partial charge is 0.0596 e.